The number of carbonyl (C=O) groups is 1. The van der Waals surface area contributed by atoms with Crippen molar-refractivity contribution < 1.29 is 19.7 Å². The summed E-state index contributed by atoms with van der Waals surface area (Å²) in [5, 5.41) is 23.4. The van der Waals surface area contributed by atoms with Crippen molar-refractivity contribution in [2.75, 3.05) is 27.7 Å². The molecule has 0 aromatic heterocycles. The third kappa shape index (κ3) is 3.32. The van der Waals surface area contributed by atoms with E-state index < -0.39 is 23.2 Å². The van der Waals surface area contributed by atoms with E-state index in [1.54, 1.807) is 0 Å². The number of rotatable bonds is 6. The van der Waals surface area contributed by atoms with Gasteiger partial charge in [-0.2, -0.15) is 0 Å². The number of hydrogen-bond donors (Lipinski definition) is 2. The first kappa shape index (κ1) is 24.7. The van der Waals surface area contributed by atoms with Gasteiger partial charge >= 0.3 is 0 Å². The van der Waals surface area contributed by atoms with Crippen molar-refractivity contribution in [3.63, 3.8) is 0 Å². The van der Waals surface area contributed by atoms with Gasteiger partial charge in [-0.15, -0.1) is 0 Å². The van der Waals surface area contributed by atoms with E-state index in [2.05, 4.69) is 31.0 Å². The standard InChI is InChI=1S/C31H38N2O4/c1-5-9-21(26(32(2)3)19-10-7-6-8-11-19)27(35)31(36)15-14-20-18-23-22-12-13-24(34)28-30(22,16-17-33(23)4)25(20)29(31)37-28/h6-8,10-14,22-24,28,34,36H,5,9,15-18H2,1-4H3/t22-,23+,24-,28-,30-,31?/m0/s1. The number of carbonyl (C=O) groups excluding carboxylic acids is 1. The Morgan fingerprint density at radius 3 is 2.68 bits per heavy atom. The normalized spacial score (nSPS) is 36.4. The molecule has 6 atom stereocenters. The predicted octanol–water partition coefficient (Wildman–Crippen LogP) is 3.68. The Kier molecular flexibility index (Phi) is 5.79. The molecule has 6 rings (SSSR count). The lowest BCUT2D eigenvalue weighted by molar-refractivity contribution is -0.137. The molecule has 1 aromatic carbocycles. The van der Waals surface area contributed by atoms with Gasteiger partial charge in [-0.3, -0.25) is 4.79 Å². The van der Waals surface area contributed by atoms with Crippen LogP contribution in [0, 0.1) is 11.3 Å². The number of benzene rings is 1. The Hall–Kier alpha value is -2.67. The molecule has 0 amide bonds. The van der Waals surface area contributed by atoms with Gasteiger partial charge in [-0.25, -0.2) is 0 Å². The van der Waals surface area contributed by atoms with Gasteiger partial charge in [-0.05, 0) is 44.0 Å². The Morgan fingerprint density at radius 1 is 1.22 bits per heavy atom. The number of likely N-dealkylation sites (tertiary alicyclic amines) is 1. The molecule has 0 radical (unpaired) electrons. The van der Waals surface area contributed by atoms with Gasteiger partial charge in [0.15, 0.2) is 5.60 Å². The molecule has 2 bridgehead atoms. The van der Waals surface area contributed by atoms with Crippen LogP contribution in [-0.2, 0) is 9.53 Å². The van der Waals surface area contributed by atoms with Crippen LogP contribution in [0.3, 0.4) is 0 Å². The summed E-state index contributed by atoms with van der Waals surface area (Å²) < 4.78 is 6.60. The van der Waals surface area contributed by atoms with Crippen LogP contribution in [0.5, 0.6) is 0 Å². The highest BCUT2D eigenvalue weighted by molar-refractivity contribution is 6.09. The number of Topliss-reactive ketones (excluding diaryl/α,β-unsaturated/α-hetero) is 1. The van der Waals surface area contributed by atoms with E-state index in [1.165, 1.54) is 5.57 Å². The largest absolute Gasteiger partial charge is 0.487 e. The van der Waals surface area contributed by atoms with E-state index in [4.69, 9.17) is 4.74 Å². The Labute approximate surface area is 219 Å². The van der Waals surface area contributed by atoms with Crippen molar-refractivity contribution in [2.45, 2.75) is 62.9 Å². The first-order valence-corrected chi connectivity index (χ1v) is 13.6. The molecule has 1 saturated carbocycles. The fraction of sp³-hybridized carbons (Fsp3) is 0.516. The van der Waals surface area contributed by atoms with E-state index in [1.807, 2.05) is 55.4 Å². The van der Waals surface area contributed by atoms with E-state index in [0.717, 1.165) is 42.6 Å². The topological polar surface area (TPSA) is 73.2 Å². The summed E-state index contributed by atoms with van der Waals surface area (Å²) in [6, 6.07) is 10.3. The monoisotopic (exact) mass is 502 g/mol. The number of aliphatic hydroxyl groups excluding tert-OH is 1. The first-order valence-electron chi connectivity index (χ1n) is 13.6. The second-order valence-electron chi connectivity index (χ2n) is 11.6. The van der Waals surface area contributed by atoms with Crippen LogP contribution in [0.25, 0.3) is 5.70 Å². The Bertz CT molecular complexity index is 1240. The molecule has 1 spiro atoms. The average molecular weight is 503 g/mol. The van der Waals surface area contributed by atoms with E-state index in [0.29, 0.717) is 23.8 Å². The molecule has 3 aliphatic carbocycles. The van der Waals surface area contributed by atoms with Crippen molar-refractivity contribution >= 4 is 11.5 Å². The number of hydrogen-bond acceptors (Lipinski definition) is 6. The number of aliphatic hydroxyl groups is 2. The molecular weight excluding hydrogens is 464 g/mol. The highest BCUT2D eigenvalue weighted by atomic mass is 16.5. The molecule has 6 nitrogen and oxygen atoms in total. The lowest BCUT2D eigenvalue weighted by atomic mass is 9.51. The Balaban J connectivity index is 1.51. The van der Waals surface area contributed by atoms with Crippen molar-refractivity contribution in [3.05, 3.63) is 76.6 Å². The van der Waals surface area contributed by atoms with Gasteiger partial charge in [0.2, 0.25) is 5.78 Å². The van der Waals surface area contributed by atoms with Crippen LogP contribution >= 0.6 is 0 Å². The van der Waals surface area contributed by atoms with E-state index in [9.17, 15) is 15.0 Å². The summed E-state index contributed by atoms with van der Waals surface area (Å²) in [5.74, 6) is 0.299. The van der Waals surface area contributed by atoms with Crippen molar-refractivity contribution in [1.29, 1.82) is 0 Å². The number of nitrogens with zero attached hydrogens (tertiary/aromatic N) is 2. The van der Waals surface area contributed by atoms with E-state index in [-0.39, 0.29) is 18.1 Å². The third-order valence-electron chi connectivity index (χ3n) is 9.42. The fourth-order valence-electron chi connectivity index (χ4n) is 7.83. The summed E-state index contributed by atoms with van der Waals surface area (Å²) in [5.41, 5.74) is 2.39. The van der Waals surface area contributed by atoms with Crippen molar-refractivity contribution in [1.82, 2.24) is 9.80 Å². The maximum absolute atomic E-state index is 14.5. The lowest BCUT2D eigenvalue weighted by Crippen LogP contribution is -2.62. The average Bonchev–Trinajstić information content (AvgIpc) is 3.25. The predicted molar refractivity (Wildman–Crippen MR) is 143 cm³/mol. The van der Waals surface area contributed by atoms with Gasteiger partial charge in [0.05, 0.1) is 5.70 Å². The lowest BCUT2D eigenvalue weighted by Gasteiger charge is -2.58. The highest BCUT2D eigenvalue weighted by Gasteiger charge is 2.68. The third-order valence-corrected chi connectivity index (χ3v) is 9.42. The zero-order valence-corrected chi connectivity index (χ0v) is 22.3. The minimum atomic E-state index is -1.79. The van der Waals surface area contributed by atoms with Crippen LogP contribution in [0.2, 0.25) is 0 Å². The smallest absolute Gasteiger partial charge is 0.200 e. The van der Waals surface area contributed by atoms with Crippen molar-refractivity contribution in [3.8, 4) is 0 Å². The molecule has 1 unspecified atom stereocenters. The second kappa shape index (κ2) is 8.69. The molecule has 5 aliphatic rings. The minimum Gasteiger partial charge on any atom is -0.487 e. The molecule has 1 aromatic rings. The molecule has 37 heavy (non-hydrogen) atoms. The summed E-state index contributed by atoms with van der Waals surface area (Å²) in [6.45, 7) is 2.96. The fourth-order valence-corrected chi connectivity index (χ4v) is 7.83. The molecule has 1 saturated heterocycles. The quantitative estimate of drug-likeness (QED) is 0.457. The van der Waals surface area contributed by atoms with Crippen LogP contribution in [0.1, 0.15) is 44.6 Å². The highest BCUT2D eigenvalue weighted by Crippen LogP contribution is 2.66. The maximum atomic E-state index is 14.5. The van der Waals surface area contributed by atoms with Gasteiger partial charge in [0.1, 0.15) is 18.0 Å². The Morgan fingerprint density at radius 2 is 1.97 bits per heavy atom. The molecule has 2 N–H and O–H groups in total. The van der Waals surface area contributed by atoms with E-state index >= 15 is 0 Å². The van der Waals surface area contributed by atoms with Crippen LogP contribution in [-0.4, -0.2) is 77.3 Å². The van der Waals surface area contributed by atoms with Crippen LogP contribution < -0.4 is 0 Å². The van der Waals surface area contributed by atoms with Gasteiger partial charge in [0, 0.05) is 49.0 Å². The SMILES string of the molecule is CCCC(C(=O)C1(O)CC=C2C[C@@H]3[C@@H]4C=C[C@H](O)[C@@H]5OC1=C2[C@]45CCN3C)=C(c1ccccc1)N(C)C. The zero-order valence-electron chi connectivity index (χ0n) is 22.3. The molecule has 6 heteroatoms. The summed E-state index contributed by atoms with van der Waals surface area (Å²) in [4.78, 5) is 18.9. The summed E-state index contributed by atoms with van der Waals surface area (Å²) in [7, 11) is 6.07. The number of ether oxygens (including phenoxy) is 1. The number of ketones is 1. The zero-order chi connectivity index (χ0) is 26.1. The second-order valence-corrected chi connectivity index (χ2v) is 11.6. The van der Waals surface area contributed by atoms with Crippen LogP contribution in [0.15, 0.2) is 71.0 Å². The van der Waals surface area contributed by atoms with Crippen LogP contribution in [0.4, 0.5) is 0 Å². The molecule has 2 aliphatic heterocycles. The van der Waals surface area contributed by atoms with Crippen molar-refractivity contribution in [2.24, 2.45) is 11.3 Å². The first-order chi connectivity index (χ1) is 17.7. The minimum absolute atomic E-state index is 0.189. The molecule has 2 heterocycles. The van der Waals surface area contributed by atoms with Gasteiger partial charge in [-0.1, -0.05) is 61.9 Å². The molecular formula is C31H38N2O4. The summed E-state index contributed by atoms with van der Waals surface area (Å²) in [6.07, 6.45) is 8.08. The maximum Gasteiger partial charge on any atom is 0.200 e. The summed E-state index contributed by atoms with van der Waals surface area (Å²) >= 11 is 0. The van der Waals surface area contributed by atoms with Gasteiger partial charge < -0.3 is 24.7 Å². The van der Waals surface area contributed by atoms with Gasteiger partial charge in [0.25, 0.3) is 0 Å². The molecule has 196 valence electrons. The molecule has 2 fully saturated rings. The number of piperidine rings is 1.